The molecule has 4 atom stereocenters. The van der Waals surface area contributed by atoms with Crippen LogP contribution in [0.2, 0.25) is 0 Å². The van der Waals surface area contributed by atoms with Crippen molar-refractivity contribution < 1.29 is 19.1 Å². The van der Waals surface area contributed by atoms with Crippen LogP contribution in [0.15, 0.2) is 24.3 Å². The van der Waals surface area contributed by atoms with Crippen LogP contribution in [0.25, 0.3) is 0 Å². The fraction of sp³-hybridized carbons (Fsp3) is 0.714. The van der Waals surface area contributed by atoms with Gasteiger partial charge in [0.15, 0.2) is 0 Å². The molecule has 0 N–H and O–H groups in total. The van der Waals surface area contributed by atoms with Gasteiger partial charge in [0.1, 0.15) is 0 Å². The van der Waals surface area contributed by atoms with Crippen LogP contribution in [-0.4, -0.2) is 25.2 Å². The standard InChI is InChI=1S/C28H42O4/c1-19-13-15-27(7,25(19,3)4)17-31-23(29)21-11-9-10-12-22(21)24(30)32-18-28(8)16-14-20(2)26(28,5)6/h9-12,19-20H,13-18H2,1-8H3/t19-,20-,27-,28+/m1/s1. The quantitative estimate of drug-likeness (QED) is 0.448. The Hall–Kier alpha value is -1.84. The van der Waals surface area contributed by atoms with Crippen molar-refractivity contribution in [1.29, 1.82) is 0 Å². The Morgan fingerprint density at radius 2 is 1.09 bits per heavy atom. The minimum Gasteiger partial charge on any atom is -0.461 e. The van der Waals surface area contributed by atoms with Crippen molar-refractivity contribution in [3.63, 3.8) is 0 Å². The molecule has 0 unspecified atom stereocenters. The highest BCUT2D eigenvalue weighted by Gasteiger charge is 2.51. The van der Waals surface area contributed by atoms with Crippen molar-refractivity contribution in [3.8, 4) is 0 Å². The van der Waals surface area contributed by atoms with Crippen molar-refractivity contribution in [2.75, 3.05) is 13.2 Å². The summed E-state index contributed by atoms with van der Waals surface area (Å²) < 4.78 is 11.6. The van der Waals surface area contributed by atoms with Crippen molar-refractivity contribution in [2.24, 2.45) is 33.5 Å². The SMILES string of the molecule is C[C@@H]1CC[C@@](C)(COC(=O)c2ccccc2C(=O)OC[C@@]2(C)CC[C@@H](C)C2(C)C)C1(C)C. The van der Waals surface area contributed by atoms with E-state index in [4.69, 9.17) is 9.47 Å². The summed E-state index contributed by atoms with van der Waals surface area (Å²) in [5, 5.41) is 0. The first-order chi connectivity index (χ1) is 14.8. The number of carbonyl (C=O) groups excluding carboxylic acids is 2. The molecule has 2 fully saturated rings. The number of hydrogen-bond acceptors (Lipinski definition) is 4. The van der Waals surface area contributed by atoms with Gasteiger partial charge in [-0.15, -0.1) is 0 Å². The highest BCUT2D eigenvalue weighted by atomic mass is 16.5. The molecule has 2 aliphatic rings. The normalized spacial score (nSPS) is 33.1. The third kappa shape index (κ3) is 4.10. The van der Waals surface area contributed by atoms with E-state index >= 15 is 0 Å². The van der Waals surface area contributed by atoms with E-state index in [0.29, 0.717) is 25.0 Å². The molecule has 0 aromatic heterocycles. The number of hydrogen-bond donors (Lipinski definition) is 0. The molecule has 1 aromatic rings. The van der Waals surface area contributed by atoms with Crippen LogP contribution in [0.3, 0.4) is 0 Å². The molecule has 2 aliphatic carbocycles. The van der Waals surface area contributed by atoms with Gasteiger partial charge in [-0.1, -0.05) is 67.5 Å². The largest absolute Gasteiger partial charge is 0.461 e. The topological polar surface area (TPSA) is 52.6 Å². The van der Waals surface area contributed by atoms with E-state index in [1.54, 1.807) is 24.3 Å². The third-order valence-electron chi connectivity index (χ3n) is 10.2. The summed E-state index contributed by atoms with van der Waals surface area (Å²) in [6.07, 6.45) is 4.34. The summed E-state index contributed by atoms with van der Waals surface area (Å²) in [6.45, 7) is 18.7. The molecular formula is C28H42O4. The van der Waals surface area contributed by atoms with Gasteiger partial charge in [0.05, 0.1) is 24.3 Å². The van der Waals surface area contributed by atoms with E-state index in [2.05, 4.69) is 55.4 Å². The molecule has 1 aromatic carbocycles. The average molecular weight is 443 g/mol. The van der Waals surface area contributed by atoms with Crippen LogP contribution < -0.4 is 0 Å². The maximum Gasteiger partial charge on any atom is 0.339 e. The molecule has 0 radical (unpaired) electrons. The summed E-state index contributed by atoms with van der Waals surface area (Å²) in [4.78, 5) is 26.0. The van der Waals surface area contributed by atoms with Crippen LogP contribution in [0, 0.1) is 33.5 Å². The fourth-order valence-electron chi connectivity index (χ4n) is 5.59. The number of benzene rings is 1. The molecule has 0 spiro atoms. The smallest absolute Gasteiger partial charge is 0.339 e. The number of rotatable bonds is 6. The maximum absolute atomic E-state index is 13.0. The van der Waals surface area contributed by atoms with Gasteiger partial charge in [0.25, 0.3) is 0 Å². The summed E-state index contributed by atoms with van der Waals surface area (Å²) >= 11 is 0. The molecule has 0 aliphatic heterocycles. The molecule has 2 saturated carbocycles. The van der Waals surface area contributed by atoms with E-state index in [0.717, 1.165) is 25.7 Å². The van der Waals surface area contributed by atoms with Gasteiger partial charge in [-0.3, -0.25) is 0 Å². The summed E-state index contributed by atoms with van der Waals surface area (Å²) in [5.74, 6) is 0.264. The molecular weight excluding hydrogens is 400 g/mol. The predicted octanol–water partition coefficient (Wildman–Crippen LogP) is 6.93. The van der Waals surface area contributed by atoms with Crippen LogP contribution >= 0.6 is 0 Å². The summed E-state index contributed by atoms with van der Waals surface area (Å²) in [5.41, 5.74) is 0.607. The van der Waals surface area contributed by atoms with Gasteiger partial charge in [0, 0.05) is 10.8 Å². The minimum absolute atomic E-state index is 0.0725. The molecule has 4 nitrogen and oxygen atoms in total. The van der Waals surface area contributed by atoms with Crippen molar-refractivity contribution in [2.45, 2.75) is 81.1 Å². The number of esters is 2. The first-order valence-electron chi connectivity index (χ1n) is 12.2. The van der Waals surface area contributed by atoms with E-state index in [9.17, 15) is 9.59 Å². The summed E-state index contributed by atoms with van der Waals surface area (Å²) in [7, 11) is 0. The zero-order chi connectivity index (χ0) is 23.9. The lowest BCUT2D eigenvalue weighted by molar-refractivity contribution is -0.00643. The average Bonchev–Trinajstić information content (AvgIpc) is 3.09. The van der Waals surface area contributed by atoms with E-state index in [-0.39, 0.29) is 32.8 Å². The Morgan fingerprint density at radius 3 is 1.38 bits per heavy atom. The van der Waals surface area contributed by atoms with Gasteiger partial charge in [-0.05, 0) is 60.5 Å². The first-order valence-corrected chi connectivity index (χ1v) is 12.2. The molecule has 178 valence electrons. The van der Waals surface area contributed by atoms with Gasteiger partial charge in [-0.2, -0.15) is 0 Å². The van der Waals surface area contributed by atoms with Crippen LogP contribution in [0.4, 0.5) is 0 Å². The lowest BCUT2D eigenvalue weighted by Gasteiger charge is -2.40. The van der Waals surface area contributed by atoms with Gasteiger partial charge in [-0.25, -0.2) is 9.59 Å². The van der Waals surface area contributed by atoms with Crippen LogP contribution in [0.1, 0.15) is 102 Å². The third-order valence-corrected chi connectivity index (χ3v) is 10.2. The zero-order valence-electron chi connectivity index (χ0n) is 21.3. The zero-order valence-corrected chi connectivity index (χ0v) is 21.3. The van der Waals surface area contributed by atoms with Gasteiger partial charge >= 0.3 is 11.9 Å². The highest BCUT2D eigenvalue weighted by Crippen LogP contribution is 2.56. The lowest BCUT2D eigenvalue weighted by atomic mass is 9.66. The number of ether oxygens (including phenoxy) is 2. The van der Waals surface area contributed by atoms with Crippen LogP contribution in [0.5, 0.6) is 0 Å². The second-order valence-electron chi connectivity index (χ2n) is 12.1. The minimum atomic E-state index is -0.449. The molecule has 4 heteroatoms. The molecule has 0 amide bonds. The van der Waals surface area contributed by atoms with E-state index in [1.165, 1.54) is 0 Å². The van der Waals surface area contributed by atoms with Crippen molar-refractivity contribution in [3.05, 3.63) is 35.4 Å². The highest BCUT2D eigenvalue weighted by molar-refractivity contribution is 6.03. The Morgan fingerprint density at radius 1 is 0.750 bits per heavy atom. The molecule has 0 saturated heterocycles. The Labute approximate surface area is 194 Å². The van der Waals surface area contributed by atoms with Crippen molar-refractivity contribution in [1.82, 2.24) is 0 Å². The first kappa shape index (κ1) is 24.8. The predicted molar refractivity (Wildman–Crippen MR) is 128 cm³/mol. The second-order valence-corrected chi connectivity index (χ2v) is 12.1. The lowest BCUT2D eigenvalue weighted by Crippen LogP contribution is -2.38. The Balaban J connectivity index is 1.69. The van der Waals surface area contributed by atoms with E-state index in [1.807, 2.05) is 0 Å². The van der Waals surface area contributed by atoms with Gasteiger partial charge in [0.2, 0.25) is 0 Å². The van der Waals surface area contributed by atoms with E-state index < -0.39 is 11.9 Å². The molecule has 0 heterocycles. The number of carbonyl (C=O) groups is 2. The van der Waals surface area contributed by atoms with Gasteiger partial charge < -0.3 is 9.47 Å². The second kappa shape index (κ2) is 8.50. The summed E-state index contributed by atoms with van der Waals surface area (Å²) in [6, 6.07) is 6.85. The fourth-order valence-corrected chi connectivity index (χ4v) is 5.59. The molecule has 3 rings (SSSR count). The molecule has 32 heavy (non-hydrogen) atoms. The Bertz CT molecular complexity index is 799. The van der Waals surface area contributed by atoms with Crippen LogP contribution in [-0.2, 0) is 9.47 Å². The maximum atomic E-state index is 13.0. The monoisotopic (exact) mass is 442 g/mol. The Kier molecular flexibility index (Phi) is 6.59. The molecule has 0 bridgehead atoms. The van der Waals surface area contributed by atoms with Crippen molar-refractivity contribution >= 4 is 11.9 Å².